The molecule has 31 heavy (non-hydrogen) atoms. The van der Waals surface area contributed by atoms with Gasteiger partial charge in [0.2, 0.25) is 15.9 Å². The Labute approximate surface area is 182 Å². The van der Waals surface area contributed by atoms with Gasteiger partial charge in [-0.25, -0.2) is 12.7 Å². The number of carbonyl (C=O) groups is 1. The van der Waals surface area contributed by atoms with Gasteiger partial charge in [0.1, 0.15) is 0 Å². The van der Waals surface area contributed by atoms with Crippen LogP contribution >= 0.6 is 0 Å². The molecule has 1 heterocycles. The van der Waals surface area contributed by atoms with E-state index in [1.165, 1.54) is 16.4 Å². The fourth-order valence-corrected chi connectivity index (χ4v) is 5.32. The second kappa shape index (κ2) is 10.0. The zero-order valence-electron chi connectivity index (χ0n) is 17.5. The average Bonchev–Trinajstić information content (AvgIpc) is 2.76. The molecule has 0 unspecified atom stereocenters. The molecule has 1 aliphatic heterocycles. The molecule has 1 aliphatic rings. The third-order valence-corrected chi connectivity index (χ3v) is 7.47. The minimum atomic E-state index is -3.45. The Morgan fingerprint density at radius 2 is 1.97 bits per heavy atom. The number of piperidine rings is 1. The first-order valence-corrected chi connectivity index (χ1v) is 11.9. The zero-order valence-corrected chi connectivity index (χ0v) is 18.3. The van der Waals surface area contributed by atoms with E-state index in [1.807, 2.05) is 30.3 Å². The van der Waals surface area contributed by atoms with Crippen LogP contribution < -0.4 is 5.32 Å². The van der Waals surface area contributed by atoms with E-state index in [2.05, 4.69) is 5.32 Å². The summed E-state index contributed by atoms with van der Waals surface area (Å²) in [6, 6.07) is 14.0. The lowest BCUT2D eigenvalue weighted by atomic mass is 9.98. The summed E-state index contributed by atoms with van der Waals surface area (Å²) in [5.41, 5.74) is 2.08. The highest BCUT2D eigenvalue weighted by molar-refractivity contribution is 7.89. The molecule has 1 saturated heterocycles. The lowest BCUT2D eigenvalue weighted by molar-refractivity contribution is -0.384. The first-order chi connectivity index (χ1) is 14.8. The molecule has 1 N–H and O–H groups in total. The van der Waals surface area contributed by atoms with Crippen molar-refractivity contribution in [3.8, 4) is 0 Å². The largest absolute Gasteiger partial charge is 0.325 e. The maximum atomic E-state index is 12.8. The number of hydrogen-bond donors (Lipinski definition) is 1. The zero-order chi connectivity index (χ0) is 22.4. The molecule has 1 atom stereocenters. The molecular weight excluding hydrogens is 418 g/mol. The molecule has 2 aromatic carbocycles. The second-order valence-corrected chi connectivity index (χ2v) is 9.94. The van der Waals surface area contributed by atoms with E-state index >= 15 is 0 Å². The number of amides is 1. The summed E-state index contributed by atoms with van der Waals surface area (Å²) >= 11 is 0. The molecule has 0 aromatic heterocycles. The van der Waals surface area contributed by atoms with Gasteiger partial charge in [-0.05, 0) is 43.7 Å². The normalized spacial score (nSPS) is 17.3. The third kappa shape index (κ3) is 6.11. The SMILES string of the molecule is Cc1ccc([N+](=O)[O-])cc1NC(=O)[C@@H]1CCCN(S(=O)(=O)CCCc2ccccc2)C1. The van der Waals surface area contributed by atoms with Crippen molar-refractivity contribution >= 4 is 27.3 Å². The number of sulfonamides is 1. The van der Waals surface area contributed by atoms with Gasteiger partial charge in [0.05, 0.1) is 22.3 Å². The molecule has 1 amide bonds. The first-order valence-electron chi connectivity index (χ1n) is 10.3. The number of aryl methyl sites for hydroxylation is 2. The molecule has 0 aliphatic carbocycles. The van der Waals surface area contributed by atoms with Gasteiger partial charge in [-0.15, -0.1) is 0 Å². The molecule has 2 aromatic rings. The Kier molecular flexibility index (Phi) is 7.40. The Hall–Kier alpha value is -2.78. The van der Waals surface area contributed by atoms with Gasteiger partial charge in [-0.1, -0.05) is 36.4 Å². The number of carbonyl (C=O) groups excluding carboxylic acids is 1. The van der Waals surface area contributed by atoms with E-state index in [1.54, 1.807) is 13.0 Å². The van der Waals surface area contributed by atoms with Crippen LogP contribution in [0.1, 0.15) is 30.4 Å². The van der Waals surface area contributed by atoms with Gasteiger partial charge in [0.15, 0.2) is 0 Å². The molecule has 9 heteroatoms. The fraction of sp³-hybridized carbons (Fsp3) is 0.409. The average molecular weight is 446 g/mol. The summed E-state index contributed by atoms with van der Waals surface area (Å²) in [5.74, 6) is -0.760. The van der Waals surface area contributed by atoms with Crippen LogP contribution in [0.2, 0.25) is 0 Å². The van der Waals surface area contributed by atoms with Crippen LogP contribution in [0.15, 0.2) is 48.5 Å². The van der Waals surface area contributed by atoms with E-state index in [9.17, 15) is 23.3 Å². The number of nitro groups is 1. The van der Waals surface area contributed by atoms with Crippen molar-refractivity contribution in [1.82, 2.24) is 4.31 Å². The van der Waals surface area contributed by atoms with Crippen LogP contribution in [0.25, 0.3) is 0 Å². The Balaban J connectivity index is 1.59. The summed E-state index contributed by atoms with van der Waals surface area (Å²) in [4.78, 5) is 23.3. The summed E-state index contributed by atoms with van der Waals surface area (Å²) < 4.78 is 27.0. The molecule has 1 fully saturated rings. The number of nitrogens with zero attached hydrogens (tertiary/aromatic N) is 2. The molecular formula is C22H27N3O5S. The van der Waals surface area contributed by atoms with Gasteiger partial charge in [0.25, 0.3) is 5.69 Å². The second-order valence-electron chi connectivity index (χ2n) is 7.85. The highest BCUT2D eigenvalue weighted by Gasteiger charge is 2.32. The lowest BCUT2D eigenvalue weighted by Gasteiger charge is -2.31. The monoisotopic (exact) mass is 445 g/mol. The van der Waals surface area contributed by atoms with Crippen LogP contribution in [-0.4, -0.2) is 42.4 Å². The van der Waals surface area contributed by atoms with E-state index in [0.29, 0.717) is 43.5 Å². The first kappa shape index (κ1) is 22.9. The standard InChI is InChI=1S/C22H27N3O5S/c1-17-11-12-20(25(27)28)15-21(17)23-22(26)19-10-5-13-24(16-19)31(29,30)14-6-9-18-7-3-2-4-8-18/h2-4,7-8,11-12,15,19H,5-6,9-10,13-14,16H2,1H3,(H,23,26)/t19-/m1/s1. The smallest absolute Gasteiger partial charge is 0.271 e. The minimum absolute atomic E-state index is 0.0419. The van der Waals surface area contributed by atoms with E-state index in [0.717, 1.165) is 5.56 Å². The van der Waals surface area contributed by atoms with Crippen molar-refractivity contribution in [3.05, 3.63) is 69.8 Å². The number of anilines is 1. The summed E-state index contributed by atoms with van der Waals surface area (Å²) in [6.45, 7) is 2.30. The quantitative estimate of drug-likeness (QED) is 0.494. The molecule has 166 valence electrons. The minimum Gasteiger partial charge on any atom is -0.325 e. The molecule has 8 nitrogen and oxygen atoms in total. The van der Waals surface area contributed by atoms with Crippen LogP contribution in [0.5, 0.6) is 0 Å². The summed E-state index contributed by atoms with van der Waals surface area (Å²) in [7, 11) is -3.45. The van der Waals surface area contributed by atoms with Gasteiger partial charge >= 0.3 is 0 Å². The number of nitro benzene ring substituents is 1. The number of rotatable bonds is 8. The van der Waals surface area contributed by atoms with Gasteiger partial charge in [-0.3, -0.25) is 14.9 Å². The molecule has 0 radical (unpaired) electrons. The molecule has 0 bridgehead atoms. The molecule has 0 spiro atoms. The van der Waals surface area contributed by atoms with Gasteiger partial charge in [0, 0.05) is 25.2 Å². The van der Waals surface area contributed by atoms with Crippen molar-refractivity contribution in [1.29, 1.82) is 0 Å². The highest BCUT2D eigenvalue weighted by Crippen LogP contribution is 2.25. The predicted octanol–water partition coefficient (Wildman–Crippen LogP) is 3.52. The summed E-state index contributed by atoms with van der Waals surface area (Å²) in [5, 5.41) is 13.7. The molecule has 0 saturated carbocycles. The fourth-order valence-electron chi connectivity index (χ4n) is 3.73. The third-order valence-electron chi connectivity index (χ3n) is 5.55. The number of nitrogens with one attached hydrogen (secondary N) is 1. The van der Waals surface area contributed by atoms with Crippen molar-refractivity contribution < 1.29 is 18.1 Å². The topological polar surface area (TPSA) is 110 Å². The van der Waals surface area contributed by atoms with E-state index < -0.39 is 20.9 Å². The van der Waals surface area contributed by atoms with Crippen LogP contribution in [0.4, 0.5) is 11.4 Å². The van der Waals surface area contributed by atoms with E-state index in [-0.39, 0.29) is 23.9 Å². The van der Waals surface area contributed by atoms with E-state index in [4.69, 9.17) is 0 Å². The van der Waals surface area contributed by atoms with Crippen LogP contribution in [-0.2, 0) is 21.2 Å². The van der Waals surface area contributed by atoms with Crippen molar-refractivity contribution in [3.63, 3.8) is 0 Å². The number of hydrogen-bond acceptors (Lipinski definition) is 5. The Bertz CT molecular complexity index is 1040. The lowest BCUT2D eigenvalue weighted by Crippen LogP contribution is -2.44. The van der Waals surface area contributed by atoms with Crippen molar-refractivity contribution in [2.45, 2.75) is 32.6 Å². The highest BCUT2D eigenvalue weighted by atomic mass is 32.2. The maximum absolute atomic E-state index is 12.8. The van der Waals surface area contributed by atoms with Crippen molar-refractivity contribution in [2.75, 3.05) is 24.2 Å². The predicted molar refractivity (Wildman–Crippen MR) is 119 cm³/mol. The van der Waals surface area contributed by atoms with Gasteiger partial charge in [-0.2, -0.15) is 0 Å². The van der Waals surface area contributed by atoms with Crippen LogP contribution in [0.3, 0.4) is 0 Å². The number of non-ortho nitro benzene ring substituents is 1. The Morgan fingerprint density at radius 3 is 2.68 bits per heavy atom. The number of benzene rings is 2. The molecule has 3 rings (SSSR count). The summed E-state index contributed by atoms with van der Waals surface area (Å²) in [6.07, 6.45) is 2.39. The van der Waals surface area contributed by atoms with Crippen molar-refractivity contribution in [2.24, 2.45) is 5.92 Å². The van der Waals surface area contributed by atoms with Gasteiger partial charge < -0.3 is 5.32 Å². The Morgan fingerprint density at radius 1 is 1.23 bits per heavy atom. The van der Waals surface area contributed by atoms with Crippen LogP contribution in [0, 0.1) is 23.0 Å². The maximum Gasteiger partial charge on any atom is 0.271 e.